The van der Waals surface area contributed by atoms with Gasteiger partial charge in [-0.1, -0.05) is 56.6 Å². The molecule has 5 nitrogen and oxygen atoms in total. The highest BCUT2D eigenvalue weighted by molar-refractivity contribution is 6.30. The molecule has 1 aliphatic rings. The zero-order valence-corrected chi connectivity index (χ0v) is 16.8. The fraction of sp³-hybridized carbons (Fsp3) is 0.273. The molecule has 0 spiro atoms. The fourth-order valence-electron chi connectivity index (χ4n) is 3.38. The number of aromatic nitrogens is 2. The Hall–Kier alpha value is -2.79. The third-order valence-corrected chi connectivity index (χ3v) is 5.08. The minimum absolute atomic E-state index is 0.0256. The summed E-state index contributed by atoms with van der Waals surface area (Å²) in [6.07, 6.45) is 3.96. The van der Waals surface area contributed by atoms with Gasteiger partial charge in [0, 0.05) is 34.8 Å². The monoisotopic (exact) mass is 392 g/mol. The minimum atomic E-state index is -0.548. The lowest BCUT2D eigenvalue weighted by atomic mass is 9.92. The molecule has 2 aromatic carbocycles. The zero-order chi connectivity index (χ0) is 19.9. The Labute approximate surface area is 169 Å². The van der Waals surface area contributed by atoms with Crippen molar-refractivity contribution in [3.63, 3.8) is 0 Å². The summed E-state index contributed by atoms with van der Waals surface area (Å²) in [6, 6.07) is 13.2. The van der Waals surface area contributed by atoms with Gasteiger partial charge in [0.25, 0.3) is 0 Å². The average molecular weight is 393 g/mol. The Morgan fingerprint density at radius 3 is 2.50 bits per heavy atom. The van der Waals surface area contributed by atoms with E-state index in [-0.39, 0.29) is 11.9 Å². The van der Waals surface area contributed by atoms with Gasteiger partial charge >= 0.3 is 0 Å². The molecule has 0 bridgehead atoms. The highest BCUT2D eigenvalue weighted by Gasteiger charge is 2.38. The van der Waals surface area contributed by atoms with E-state index >= 15 is 0 Å². The van der Waals surface area contributed by atoms with Crippen molar-refractivity contribution in [1.82, 2.24) is 15.0 Å². The highest BCUT2D eigenvalue weighted by atomic mass is 35.5. The molecular weight excluding hydrogens is 372 g/mol. The van der Waals surface area contributed by atoms with Crippen molar-refractivity contribution in [2.45, 2.75) is 33.2 Å². The van der Waals surface area contributed by atoms with Gasteiger partial charge in [-0.15, -0.1) is 0 Å². The topological polar surface area (TPSA) is 58.5 Å². The lowest BCUT2D eigenvalue weighted by molar-refractivity contribution is -0.141. The van der Waals surface area contributed by atoms with Gasteiger partial charge in [-0.3, -0.25) is 14.8 Å². The Balaban J connectivity index is 1.81. The molecule has 0 radical (unpaired) electrons. The molecule has 1 unspecified atom stereocenters. The molecule has 0 saturated heterocycles. The van der Waals surface area contributed by atoms with Gasteiger partial charge < -0.3 is 0 Å². The molecule has 4 rings (SSSR count). The van der Waals surface area contributed by atoms with Crippen molar-refractivity contribution in [3.8, 4) is 0 Å². The van der Waals surface area contributed by atoms with E-state index < -0.39 is 5.41 Å². The van der Waals surface area contributed by atoms with Crippen molar-refractivity contribution < 1.29 is 4.79 Å². The molecule has 0 aliphatic carbocycles. The molecule has 0 N–H and O–H groups in total. The standard InChI is InChI=1S/C22H21ClN4O/c1-22(2,3)21(28)27-19(13-18(26-27)14-7-9-15(23)10-8-14)16-5-4-6-17-20(16)25-12-11-24-17/h4-12,19H,13H2,1-3H3. The van der Waals surface area contributed by atoms with Crippen LogP contribution in [0.1, 0.15) is 44.4 Å². The maximum atomic E-state index is 13.2. The number of hydrogen-bond acceptors (Lipinski definition) is 4. The number of para-hydroxylation sites is 1. The van der Waals surface area contributed by atoms with E-state index in [4.69, 9.17) is 16.7 Å². The van der Waals surface area contributed by atoms with Gasteiger partial charge in [0.15, 0.2) is 0 Å². The van der Waals surface area contributed by atoms with Gasteiger partial charge in [0.2, 0.25) is 5.91 Å². The molecule has 1 aliphatic heterocycles. The van der Waals surface area contributed by atoms with Gasteiger partial charge in [-0.2, -0.15) is 5.10 Å². The Morgan fingerprint density at radius 1 is 1.07 bits per heavy atom. The Kier molecular flexibility index (Phi) is 4.63. The van der Waals surface area contributed by atoms with Gasteiger partial charge in [0.05, 0.1) is 22.8 Å². The van der Waals surface area contributed by atoms with Crippen LogP contribution in [0, 0.1) is 5.41 Å². The van der Waals surface area contributed by atoms with Crippen LogP contribution < -0.4 is 0 Å². The fourth-order valence-corrected chi connectivity index (χ4v) is 3.51. The zero-order valence-electron chi connectivity index (χ0n) is 16.1. The van der Waals surface area contributed by atoms with E-state index in [1.807, 2.05) is 63.2 Å². The van der Waals surface area contributed by atoms with E-state index in [1.54, 1.807) is 17.4 Å². The molecule has 1 amide bonds. The van der Waals surface area contributed by atoms with Crippen molar-refractivity contribution >= 4 is 34.3 Å². The molecule has 0 fully saturated rings. The smallest absolute Gasteiger partial charge is 0.248 e. The number of nitrogens with zero attached hydrogens (tertiary/aromatic N) is 4. The average Bonchev–Trinajstić information content (AvgIpc) is 3.11. The lowest BCUT2D eigenvalue weighted by Crippen LogP contribution is -2.36. The van der Waals surface area contributed by atoms with Crippen molar-refractivity contribution in [3.05, 3.63) is 71.0 Å². The van der Waals surface area contributed by atoms with Crippen molar-refractivity contribution in [1.29, 1.82) is 0 Å². The maximum Gasteiger partial charge on any atom is 0.248 e. The first-order valence-electron chi connectivity index (χ1n) is 9.21. The van der Waals surface area contributed by atoms with E-state index in [2.05, 4.69) is 9.97 Å². The summed E-state index contributed by atoms with van der Waals surface area (Å²) in [5.74, 6) is -0.0256. The van der Waals surface area contributed by atoms with E-state index in [1.165, 1.54) is 0 Å². The number of carbonyl (C=O) groups is 1. The number of carbonyl (C=O) groups excluding carboxylic acids is 1. The van der Waals surface area contributed by atoms with Crippen molar-refractivity contribution in [2.24, 2.45) is 10.5 Å². The van der Waals surface area contributed by atoms with Crippen LogP contribution in [0.3, 0.4) is 0 Å². The lowest BCUT2D eigenvalue weighted by Gasteiger charge is -2.28. The third-order valence-electron chi connectivity index (χ3n) is 4.83. The predicted octanol–water partition coefficient (Wildman–Crippen LogP) is 5.01. The number of benzene rings is 2. The van der Waals surface area contributed by atoms with Gasteiger partial charge in [-0.25, -0.2) is 5.01 Å². The number of rotatable bonds is 2. The SMILES string of the molecule is CC(C)(C)C(=O)N1N=C(c2ccc(Cl)cc2)CC1c1cccc2nccnc12. The van der Waals surface area contributed by atoms with Crippen LogP contribution in [-0.2, 0) is 4.79 Å². The van der Waals surface area contributed by atoms with E-state index in [9.17, 15) is 4.79 Å². The van der Waals surface area contributed by atoms with Crippen LogP contribution in [0.4, 0.5) is 0 Å². The Morgan fingerprint density at radius 2 is 1.79 bits per heavy atom. The second-order valence-electron chi connectivity index (χ2n) is 7.94. The van der Waals surface area contributed by atoms with Crippen LogP contribution in [0.15, 0.2) is 60.0 Å². The molecule has 3 aromatic rings. The Bertz CT molecular complexity index is 1060. The number of amides is 1. The molecule has 6 heteroatoms. The quantitative estimate of drug-likeness (QED) is 0.616. The number of fused-ring (bicyclic) bond motifs is 1. The summed E-state index contributed by atoms with van der Waals surface area (Å²) in [6.45, 7) is 5.72. The van der Waals surface area contributed by atoms with Gasteiger partial charge in [-0.05, 0) is 23.8 Å². The summed E-state index contributed by atoms with van der Waals surface area (Å²) in [5.41, 5.74) is 3.84. The summed E-state index contributed by atoms with van der Waals surface area (Å²) < 4.78 is 0. The summed E-state index contributed by atoms with van der Waals surface area (Å²) in [7, 11) is 0. The molecule has 2 heterocycles. The van der Waals surface area contributed by atoms with Crippen LogP contribution >= 0.6 is 11.6 Å². The molecule has 28 heavy (non-hydrogen) atoms. The van der Waals surface area contributed by atoms with Crippen LogP contribution in [-0.4, -0.2) is 26.6 Å². The minimum Gasteiger partial charge on any atom is -0.272 e. The molecule has 0 saturated carbocycles. The van der Waals surface area contributed by atoms with Crippen LogP contribution in [0.25, 0.3) is 11.0 Å². The first kappa shape index (κ1) is 18.6. The normalized spacial score (nSPS) is 17.1. The third kappa shape index (κ3) is 3.38. The first-order valence-corrected chi connectivity index (χ1v) is 9.59. The summed E-state index contributed by atoms with van der Waals surface area (Å²) in [4.78, 5) is 22.1. The molecule has 1 atom stereocenters. The number of hydrazone groups is 1. The maximum absolute atomic E-state index is 13.2. The van der Waals surface area contributed by atoms with Crippen LogP contribution in [0.5, 0.6) is 0 Å². The molecular formula is C22H21ClN4O. The number of hydrogen-bond donors (Lipinski definition) is 0. The summed E-state index contributed by atoms with van der Waals surface area (Å²) in [5, 5.41) is 7.02. The van der Waals surface area contributed by atoms with Crippen LogP contribution in [0.2, 0.25) is 5.02 Å². The largest absolute Gasteiger partial charge is 0.272 e. The second kappa shape index (κ2) is 6.99. The summed E-state index contributed by atoms with van der Waals surface area (Å²) >= 11 is 6.03. The number of halogens is 1. The van der Waals surface area contributed by atoms with Gasteiger partial charge in [0.1, 0.15) is 0 Å². The van der Waals surface area contributed by atoms with E-state index in [0.29, 0.717) is 11.4 Å². The van der Waals surface area contributed by atoms with Crippen molar-refractivity contribution in [2.75, 3.05) is 0 Å². The molecule has 142 valence electrons. The first-order chi connectivity index (χ1) is 13.3. The predicted molar refractivity (Wildman–Crippen MR) is 111 cm³/mol. The van der Waals surface area contributed by atoms with E-state index in [0.717, 1.165) is 27.9 Å². The highest BCUT2D eigenvalue weighted by Crippen LogP contribution is 2.38. The molecule has 1 aromatic heterocycles. The second-order valence-corrected chi connectivity index (χ2v) is 8.38.